The highest BCUT2D eigenvalue weighted by molar-refractivity contribution is 5.97. The third kappa shape index (κ3) is 5.31. The fourth-order valence-corrected chi connectivity index (χ4v) is 2.07. The molecule has 0 aromatic heterocycles. The first-order valence-electron chi connectivity index (χ1n) is 7.36. The van der Waals surface area contributed by atoms with E-state index in [0.29, 0.717) is 16.8 Å². The van der Waals surface area contributed by atoms with Crippen LogP contribution in [0.15, 0.2) is 48.5 Å². The van der Waals surface area contributed by atoms with Gasteiger partial charge >= 0.3 is 0 Å². The van der Waals surface area contributed by atoms with Crippen LogP contribution in [0.5, 0.6) is 0 Å². The molecule has 2 N–H and O–H groups in total. The number of nitrogens with one attached hydrogen (secondary N) is 2. The number of carbonyl (C=O) groups is 3. The molecule has 6 heteroatoms. The van der Waals surface area contributed by atoms with Crippen molar-refractivity contribution in [3.8, 4) is 0 Å². The average Bonchev–Trinajstić information content (AvgIpc) is 2.53. The number of hydrogen-bond donors (Lipinski definition) is 2. The molecule has 0 bridgehead atoms. The summed E-state index contributed by atoms with van der Waals surface area (Å²) >= 11 is 0. The van der Waals surface area contributed by atoms with Crippen LogP contribution in [0, 0.1) is 5.82 Å². The Balaban J connectivity index is 1.80. The highest BCUT2D eigenvalue weighted by atomic mass is 19.1. The van der Waals surface area contributed by atoms with Crippen molar-refractivity contribution < 1.29 is 18.8 Å². The second-order valence-electron chi connectivity index (χ2n) is 5.27. The molecule has 0 radical (unpaired) electrons. The number of ketones is 1. The lowest BCUT2D eigenvalue weighted by atomic mass is 10.1. The van der Waals surface area contributed by atoms with Crippen molar-refractivity contribution in [2.24, 2.45) is 0 Å². The summed E-state index contributed by atoms with van der Waals surface area (Å²) in [5.41, 5.74) is 1.62. The summed E-state index contributed by atoms with van der Waals surface area (Å²) < 4.78 is 13.0. The number of halogens is 1. The Labute approximate surface area is 138 Å². The predicted octanol–water partition coefficient (Wildman–Crippen LogP) is 2.33. The number of carbonyl (C=O) groups excluding carboxylic acids is 3. The minimum absolute atomic E-state index is 0.00164. The molecule has 0 aliphatic rings. The quantitative estimate of drug-likeness (QED) is 0.799. The molecule has 0 atom stereocenters. The predicted molar refractivity (Wildman–Crippen MR) is 88.2 cm³/mol. The number of hydrogen-bond acceptors (Lipinski definition) is 3. The van der Waals surface area contributed by atoms with Crippen molar-refractivity contribution in [2.75, 3.05) is 11.9 Å². The van der Waals surface area contributed by atoms with Crippen LogP contribution in [0.2, 0.25) is 0 Å². The molecule has 0 aliphatic carbocycles. The van der Waals surface area contributed by atoms with Crippen molar-refractivity contribution >= 4 is 23.3 Å². The topological polar surface area (TPSA) is 75.3 Å². The second-order valence-corrected chi connectivity index (χ2v) is 5.27. The molecule has 2 aromatic carbocycles. The van der Waals surface area contributed by atoms with Gasteiger partial charge in [0, 0.05) is 11.3 Å². The number of Topliss-reactive ketones (excluding diaryl/α,β-unsaturated/α-hetero) is 1. The van der Waals surface area contributed by atoms with E-state index in [1.165, 1.54) is 25.1 Å². The Kier molecular flexibility index (Phi) is 5.78. The molecule has 0 saturated carbocycles. The SMILES string of the molecule is CC(=O)c1ccc(NC(=O)CNC(=O)Cc2cccc(F)c2)cc1. The number of anilines is 1. The molecule has 0 heterocycles. The molecule has 0 saturated heterocycles. The van der Waals surface area contributed by atoms with Gasteiger partial charge in [0.05, 0.1) is 13.0 Å². The van der Waals surface area contributed by atoms with Gasteiger partial charge in [-0.1, -0.05) is 12.1 Å². The van der Waals surface area contributed by atoms with Gasteiger partial charge in [0.15, 0.2) is 5.78 Å². The molecule has 2 amide bonds. The molecule has 0 spiro atoms. The molecule has 0 fully saturated rings. The Morgan fingerprint density at radius 1 is 1.00 bits per heavy atom. The lowest BCUT2D eigenvalue weighted by Gasteiger charge is -2.07. The van der Waals surface area contributed by atoms with Gasteiger partial charge in [0.25, 0.3) is 0 Å². The largest absolute Gasteiger partial charge is 0.347 e. The van der Waals surface area contributed by atoms with E-state index < -0.39 is 11.7 Å². The smallest absolute Gasteiger partial charge is 0.243 e. The number of amides is 2. The lowest BCUT2D eigenvalue weighted by molar-refractivity contribution is -0.123. The van der Waals surface area contributed by atoms with E-state index in [-0.39, 0.29) is 24.7 Å². The van der Waals surface area contributed by atoms with Gasteiger partial charge in [-0.05, 0) is 48.9 Å². The van der Waals surface area contributed by atoms with E-state index in [1.807, 2.05) is 0 Å². The molecule has 124 valence electrons. The molecule has 2 rings (SSSR count). The maximum Gasteiger partial charge on any atom is 0.243 e. The van der Waals surface area contributed by atoms with E-state index in [0.717, 1.165) is 0 Å². The molecule has 24 heavy (non-hydrogen) atoms. The third-order valence-electron chi connectivity index (χ3n) is 3.28. The molecular formula is C18H17FN2O3. The number of benzene rings is 2. The first-order chi connectivity index (χ1) is 11.4. The maximum absolute atomic E-state index is 13.0. The van der Waals surface area contributed by atoms with E-state index >= 15 is 0 Å². The fraction of sp³-hybridized carbons (Fsp3) is 0.167. The van der Waals surface area contributed by atoms with Crippen molar-refractivity contribution in [2.45, 2.75) is 13.3 Å². The Morgan fingerprint density at radius 3 is 2.33 bits per heavy atom. The van der Waals surface area contributed by atoms with Crippen LogP contribution in [-0.4, -0.2) is 24.1 Å². The molecule has 5 nitrogen and oxygen atoms in total. The molecular weight excluding hydrogens is 311 g/mol. The highest BCUT2D eigenvalue weighted by Gasteiger charge is 2.08. The summed E-state index contributed by atoms with van der Waals surface area (Å²) in [6.07, 6.45) is -0.00164. The summed E-state index contributed by atoms with van der Waals surface area (Å²) in [6.45, 7) is 1.27. The zero-order valence-electron chi connectivity index (χ0n) is 13.1. The minimum atomic E-state index is -0.410. The average molecular weight is 328 g/mol. The van der Waals surface area contributed by atoms with Crippen LogP contribution in [0.25, 0.3) is 0 Å². The van der Waals surface area contributed by atoms with Gasteiger partial charge in [-0.3, -0.25) is 14.4 Å². The molecule has 2 aromatic rings. The first kappa shape index (κ1) is 17.3. The van der Waals surface area contributed by atoms with E-state index in [9.17, 15) is 18.8 Å². The van der Waals surface area contributed by atoms with Crippen LogP contribution >= 0.6 is 0 Å². The molecule has 0 unspecified atom stereocenters. The zero-order valence-corrected chi connectivity index (χ0v) is 13.1. The van der Waals surface area contributed by atoms with Crippen LogP contribution in [0.1, 0.15) is 22.8 Å². The van der Waals surface area contributed by atoms with E-state index in [4.69, 9.17) is 0 Å². The van der Waals surface area contributed by atoms with Gasteiger partial charge in [0.2, 0.25) is 11.8 Å². The summed E-state index contributed by atoms with van der Waals surface area (Å²) in [5, 5.41) is 5.08. The summed E-state index contributed by atoms with van der Waals surface area (Å²) in [6, 6.07) is 12.2. The Bertz CT molecular complexity index is 757. The maximum atomic E-state index is 13.0. The normalized spacial score (nSPS) is 10.1. The van der Waals surface area contributed by atoms with Gasteiger partial charge < -0.3 is 10.6 Å². The standard InChI is InChI=1S/C18H17FN2O3/c1-12(22)14-5-7-16(8-6-14)21-18(24)11-20-17(23)10-13-3-2-4-15(19)9-13/h2-9H,10-11H2,1H3,(H,20,23)(H,21,24). The highest BCUT2D eigenvalue weighted by Crippen LogP contribution is 2.09. The van der Waals surface area contributed by atoms with Crippen LogP contribution in [0.4, 0.5) is 10.1 Å². The summed E-state index contributed by atoms with van der Waals surface area (Å²) in [4.78, 5) is 34.7. The summed E-state index contributed by atoms with van der Waals surface area (Å²) in [5.74, 6) is -1.23. The van der Waals surface area contributed by atoms with Gasteiger partial charge in [-0.25, -0.2) is 4.39 Å². The van der Waals surface area contributed by atoms with Crippen molar-refractivity contribution in [1.29, 1.82) is 0 Å². The van der Waals surface area contributed by atoms with Crippen molar-refractivity contribution in [3.63, 3.8) is 0 Å². The third-order valence-corrected chi connectivity index (χ3v) is 3.28. The van der Waals surface area contributed by atoms with Crippen molar-refractivity contribution in [1.82, 2.24) is 5.32 Å². The lowest BCUT2D eigenvalue weighted by Crippen LogP contribution is -2.33. The fourth-order valence-electron chi connectivity index (χ4n) is 2.07. The second kappa shape index (κ2) is 8.01. The Hall–Kier alpha value is -3.02. The number of rotatable bonds is 6. The molecule has 0 aliphatic heterocycles. The van der Waals surface area contributed by atoms with Gasteiger partial charge in [-0.15, -0.1) is 0 Å². The van der Waals surface area contributed by atoms with Gasteiger partial charge in [-0.2, -0.15) is 0 Å². The summed E-state index contributed by atoms with van der Waals surface area (Å²) in [7, 11) is 0. The van der Waals surface area contributed by atoms with Crippen LogP contribution in [0.3, 0.4) is 0 Å². The Morgan fingerprint density at radius 2 is 1.71 bits per heavy atom. The monoisotopic (exact) mass is 328 g/mol. The zero-order chi connectivity index (χ0) is 17.5. The van der Waals surface area contributed by atoms with Crippen LogP contribution < -0.4 is 10.6 Å². The van der Waals surface area contributed by atoms with E-state index in [2.05, 4.69) is 10.6 Å². The first-order valence-corrected chi connectivity index (χ1v) is 7.36. The van der Waals surface area contributed by atoms with E-state index in [1.54, 1.807) is 30.3 Å². The minimum Gasteiger partial charge on any atom is -0.347 e. The van der Waals surface area contributed by atoms with Crippen molar-refractivity contribution in [3.05, 3.63) is 65.5 Å². The van der Waals surface area contributed by atoms with Gasteiger partial charge in [0.1, 0.15) is 5.82 Å². The van der Waals surface area contributed by atoms with Crippen LogP contribution in [-0.2, 0) is 16.0 Å².